The average molecular weight is 260 g/mol. The van der Waals surface area contributed by atoms with Crippen molar-refractivity contribution in [2.24, 2.45) is 17.3 Å². The molecule has 0 radical (unpaired) electrons. The summed E-state index contributed by atoms with van der Waals surface area (Å²) in [6.45, 7) is 9.08. The van der Waals surface area contributed by atoms with Gasteiger partial charge in [0.2, 0.25) is 0 Å². The molecule has 106 valence electrons. The third-order valence-electron chi connectivity index (χ3n) is 7.85. The number of hydrogen-bond donors (Lipinski definition) is 0. The van der Waals surface area contributed by atoms with E-state index in [0.717, 1.165) is 17.3 Å². The molecule has 1 heterocycles. The van der Waals surface area contributed by atoms with Crippen LogP contribution in [0.25, 0.3) is 0 Å². The van der Waals surface area contributed by atoms with E-state index in [-0.39, 0.29) is 0 Å². The number of rotatable bonds is 2. The highest BCUT2D eigenvalue weighted by Gasteiger charge is 2.64. The molecule has 1 saturated heterocycles. The average Bonchev–Trinajstić information content (AvgIpc) is 3.00. The van der Waals surface area contributed by atoms with Crippen LogP contribution in [0.3, 0.4) is 0 Å². The summed E-state index contributed by atoms with van der Waals surface area (Å²) in [4.78, 5) is 0. The summed E-state index contributed by atoms with van der Waals surface area (Å²) < 4.78 is 1.45. The van der Waals surface area contributed by atoms with Gasteiger partial charge < -0.3 is 4.48 Å². The smallest absolute Gasteiger partial charge is 0.105 e. The number of likely N-dealkylation sites (tertiary alicyclic amines) is 1. The lowest BCUT2D eigenvalue weighted by Gasteiger charge is -2.65. The van der Waals surface area contributed by atoms with Crippen LogP contribution in [-0.2, 0) is 0 Å². The zero-order valence-electron chi connectivity index (χ0n) is 12.8. The van der Waals surface area contributed by atoms with Crippen LogP contribution in [0.15, 0.2) is 12.2 Å². The van der Waals surface area contributed by atoms with Gasteiger partial charge in [0.25, 0.3) is 0 Å². The highest BCUT2D eigenvalue weighted by Crippen LogP contribution is 2.64. The van der Waals surface area contributed by atoms with Crippen molar-refractivity contribution in [2.45, 2.75) is 64.3 Å². The maximum atomic E-state index is 2.60. The molecule has 4 aliphatic rings. The second kappa shape index (κ2) is 3.87. The Morgan fingerprint density at radius 1 is 1.11 bits per heavy atom. The molecular formula is C18H30N+. The third kappa shape index (κ3) is 1.41. The van der Waals surface area contributed by atoms with E-state index in [1.54, 1.807) is 6.42 Å². The van der Waals surface area contributed by atoms with E-state index in [4.69, 9.17) is 0 Å². The molecule has 1 nitrogen and oxygen atoms in total. The van der Waals surface area contributed by atoms with E-state index < -0.39 is 0 Å². The fraction of sp³-hybridized carbons (Fsp3) is 0.889. The van der Waals surface area contributed by atoms with Crippen LogP contribution >= 0.6 is 0 Å². The molecule has 2 spiro atoms. The molecule has 2 bridgehead atoms. The molecule has 4 rings (SSSR count). The SMILES string of the molecule is CC[N+]1(CC)CCC12CCCC1(CC3C=CC1C3)C2. The van der Waals surface area contributed by atoms with Gasteiger partial charge >= 0.3 is 0 Å². The first-order valence-electron chi connectivity index (χ1n) is 8.72. The Bertz CT molecular complexity index is 402. The molecule has 4 atom stereocenters. The van der Waals surface area contributed by atoms with E-state index in [1.165, 1.54) is 62.6 Å². The molecule has 3 fully saturated rings. The Labute approximate surface area is 118 Å². The van der Waals surface area contributed by atoms with E-state index >= 15 is 0 Å². The van der Waals surface area contributed by atoms with Crippen molar-refractivity contribution >= 4 is 0 Å². The van der Waals surface area contributed by atoms with Gasteiger partial charge in [-0.25, -0.2) is 0 Å². The van der Waals surface area contributed by atoms with Crippen molar-refractivity contribution in [3.63, 3.8) is 0 Å². The minimum atomic E-state index is 0.695. The standard InChI is InChI=1S/C18H30N/c1-3-19(4-2)11-10-18(19)9-5-8-17(14-18)13-15-6-7-16(17)12-15/h6-7,15-16H,3-5,8-14H2,1-2H3/q+1. The fourth-order valence-electron chi connectivity index (χ4n) is 6.72. The molecule has 0 aromatic heterocycles. The Hall–Kier alpha value is -0.300. The van der Waals surface area contributed by atoms with E-state index in [9.17, 15) is 0 Å². The van der Waals surface area contributed by atoms with Crippen molar-refractivity contribution in [2.75, 3.05) is 19.6 Å². The van der Waals surface area contributed by atoms with Gasteiger partial charge in [-0.1, -0.05) is 12.2 Å². The monoisotopic (exact) mass is 260 g/mol. The lowest BCUT2D eigenvalue weighted by molar-refractivity contribution is -1.02. The normalized spacial score (nSPS) is 50.0. The Balaban J connectivity index is 1.64. The molecular weight excluding hydrogens is 230 g/mol. The van der Waals surface area contributed by atoms with Crippen LogP contribution in [-0.4, -0.2) is 29.7 Å². The Morgan fingerprint density at radius 3 is 2.47 bits per heavy atom. The molecule has 19 heavy (non-hydrogen) atoms. The van der Waals surface area contributed by atoms with Gasteiger partial charge in [-0.3, -0.25) is 0 Å². The quantitative estimate of drug-likeness (QED) is 0.517. The number of nitrogens with zero attached hydrogens (tertiary/aromatic N) is 1. The topological polar surface area (TPSA) is 0 Å². The summed E-state index contributed by atoms with van der Waals surface area (Å²) in [5.41, 5.74) is 1.42. The van der Waals surface area contributed by atoms with E-state index in [1.807, 2.05) is 0 Å². The van der Waals surface area contributed by atoms with Crippen LogP contribution in [0.4, 0.5) is 0 Å². The van der Waals surface area contributed by atoms with Gasteiger partial charge in [0.05, 0.1) is 26.1 Å². The summed E-state index contributed by atoms with van der Waals surface area (Å²) in [5.74, 6) is 1.90. The fourth-order valence-corrected chi connectivity index (χ4v) is 6.72. The molecule has 0 amide bonds. The first-order chi connectivity index (χ1) is 9.18. The summed E-state index contributed by atoms with van der Waals surface area (Å²) in [6, 6.07) is 0. The number of fused-ring (bicyclic) bond motifs is 3. The Kier molecular flexibility index (Phi) is 2.54. The highest BCUT2D eigenvalue weighted by atomic mass is 15.5. The van der Waals surface area contributed by atoms with Crippen molar-refractivity contribution in [1.29, 1.82) is 0 Å². The molecule has 1 heteroatoms. The van der Waals surface area contributed by atoms with Crippen molar-refractivity contribution in [3.8, 4) is 0 Å². The highest BCUT2D eigenvalue weighted by molar-refractivity contribution is 5.18. The van der Waals surface area contributed by atoms with Gasteiger partial charge in [-0.05, 0) is 56.8 Å². The van der Waals surface area contributed by atoms with Crippen LogP contribution in [0.2, 0.25) is 0 Å². The number of allylic oxidation sites excluding steroid dienone is 2. The molecule has 1 aliphatic heterocycles. The molecule has 0 aromatic rings. The predicted octanol–water partition coefficient (Wildman–Crippen LogP) is 4.14. The van der Waals surface area contributed by atoms with Gasteiger partial charge in [0, 0.05) is 12.8 Å². The predicted molar refractivity (Wildman–Crippen MR) is 79.8 cm³/mol. The Morgan fingerprint density at radius 2 is 1.95 bits per heavy atom. The first kappa shape index (κ1) is 12.4. The molecule has 3 aliphatic carbocycles. The zero-order valence-corrected chi connectivity index (χ0v) is 12.8. The van der Waals surface area contributed by atoms with E-state index in [0.29, 0.717) is 5.54 Å². The zero-order chi connectivity index (χ0) is 13.1. The van der Waals surface area contributed by atoms with Gasteiger partial charge in [0.1, 0.15) is 5.54 Å². The first-order valence-corrected chi connectivity index (χ1v) is 8.72. The van der Waals surface area contributed by atoms with E-state index in [2.05, 4.69) is 26.0 Å². The van der Waals surface area contributed by atoms with Crippen LogP contribution in [0.5, 0.6) is 0 Å². The second-order valence-electron chi connectivity index (χ2n) is 8.06. The van der Waals surface area contributed by atoms with Gasteiger partial charge in [0.15, 0.2) is 0 Å². The van der Waals surface area contributed by atoms with Gasteiger partial charge in [-0.15, -0.1) is 0 Å². The summed E-state index contributed by atoms with van der Waals surface area (Å²) in [5, 5.41) is 0. The molecule has 4 unspecified atom stereocenters. The third-order valence-corrected chi connectivity index (χ3v) is 7.85. The maximum absolute atomic E-state index is 2.60. The number of quaternary nitrogens is 1. The van der Waals surface area contributed by atoms with Crippen molar-refractivity contribution < 1.29 is 4.48 Å². The molecule has 0 aromatic carbocycles. The summed E-state index contributed by atoms with van der Waals surface area (Å²) in [7, 11) is 0. The van der Waals surface area contributed by atoms with Crippen LogP contribution in [0.1, 0.15) is 58.8 Å². The lowest BCUT2D eigenvalue weighted by atomic mass is 9.56. The maximum Gasteiger partial charge on any atom is 0.105 e. The van der Waals surface area contributed by atoms with Crippen LogP contribution in [0, 0.1) is 17.3 Å². The largest absolute Gasteiger partial charge is 0.319 e. The van der Waals surface area contributed by atoms with Gasteiger partial charge in [-0.2, -0.15) is 0 Å². The lowest BCUT2D eigenvalue weighted by Crippen LogP contribution is -2.75. The number of hydrogen-bond acceptors (Lipinski definition) is 0. The summed E-state index contributed by atoms with van der Waals surface area (Å²) in [6.07, 6.45) is 15.8. The summed E-state index contributed by atoms with van der Waals surface area (Å²) >= 11 is 0. The minimum Gasteiger partial charge on any atom is -0.319 e. The molecule has 0 N–H and O–H groups in total. The van der Waals surface area contributed by atoms with Crippen molar-refractivity contribution in [1.82, 2.24) is 0 Å². The van der Waals surface area contributed by atoms with Crippen molar-refractivity contribution in [3.05, 3.63) is 12.2 Å². The van der Waals surface area contributed by atoms with Crippen LogP contribution < -0.4 is 0 Å². The second-order valence-corrected chi connectivity index (χ2v) is 8.06. The minimum absolute atomic E-state index is 0.695. The molecule has 2 saturated carbocycles.